The van der Waals surface area contributed by atoms with Crippen LogP contribution in [-0.2, 0) is 25.7 Å². The van der Waals surface area contributed by atoms with Crippen LogP contribution in [0.15, 0.2) is 24.3 Å². The van der Waals surface area contributed by atoms with E-state index in [0.29, 0.717) is 43.8 Å². The fourth-order valence-corrected chi connectivity index (χ4v) is 2.46. The van der Waals surface area contributed by atoms with Crippen molar-refractivity contribution < 1.29 is 24.1 Å². The average molecular weight is 400 g/mol. The molecule has 0 spiro atoms. The molecule has 0 unspecified atom stereocenters. The molecule has 0 aromatic heterocycles. The molecule has 0 N–H and O–H groups in total. The van der Waals surface area contributed by atoms with E-state index in [-0.39, 0.29) is 18.7 Å². The van der Waals surface area contributed by atoms with E-state index in [1.54, 1.807) is 4.90 Å². The van der Waals surface area contributed by atoms with E-state index in [4.69, 9.17) is 21.2 Å². The highest BCUT2D eigenvalue weighted by atomic mass is 35.5. The predicted octanol–water partition coefficient (Wildman–Crippen LogP) is 4.78. The second-order valence-corrected chi connectivity index (χ2v) is 7.66. The Morgan fingerprint density at radius 1 is 1.19 bits per heavy atom. The Labute approximate surface area is 166 Å². The lowest BCUT2D eigenvalue weighted by atomic mass is 10.1. The van der Waals surface area contributed by atoms with Gasteiger partial charge in [-0.05, 0) is 57.7 Å². The first-order valence-corrected chi connectivity index (χ1v) is 9.63. The summed E-state index contributed by atoms with van der Waals surface area (Å²) in [5.41, 5.74) is 0.471. The van der Waals surface area contributed by atoms with Crippen molar-refractivity contribution in [3.63, 3.8) is 0 Å². The summed E-state index contributed by atoms with van der Waals surface area (Å²) in [5.74, 6) is -0.387. The van der Waals surface area contributed by atoms with Gasteiger partial charge in [-0.15, -0.1) is 0 Å². The minimum Gasteiger partial charge on any atom is -0.444 e. The van der Waals surface area contributed by atoms with Gasteiger partial charge in [-0.3, -0.25) is 4.89 Å². The Morgan fingerprint density at radius 2 is 1.93 bits per heavy atom. The molecule has 0 aliphatic rings. The molecule has 27 heavy (non-hydrogen) atoms. The number of rotatable bonds is 10. The van der Waals surface area contributed by atoms with Gasteiger partial charge < -0.3 is 9.64 Å². The molecule has 7 heteroatoms. The summed E-state index contributed by atoms with van der Waals surface area (Å²) in [7, 11) is 0. The van der Waals surface area contributed by atoms with Crippen molar-refractivity contribution in [3.05, 3.63) is 34.9 Å². The topological polar surface area (TPSA) is 65.1 Å². The Bertz CT molecular complexity index is 600. The van der Waals surface area contributed by atoms with Gasteiger partial charge >= 0.3 is 12.1 Å². The molecule has 0 bridgehead atoms. The first-order chi connectivity index (χ1) is 12.7. The molecule has 0 saturated heterocycles. The summed E-state index contributed by atoms with van der Waals surface area (Å²) in [6.45, 7) is 8.51. The van der Waals surface area contributed by atoms with Gasteiger partial charge in [0.05, 0.1) is 6.61 Å². The molecule has 1 amide bonds. The van der Waals surface area contributed by atoms with Gasteiger partial charge in [0, 0.05) is 24.5 Å². The van der Waals surface area contributed by atoms with Crippen LogP contribution in [0, 0.1) is 0 Å². The van der Waals surface area contributed by atoms with Crippen molar-refractivity contribution in [3.8, 4) is 0 Å². The van der Waals surface area contributed by atoms with Crippen molar-refractivity contribution in [2.45, 2.75) is 59.0 Å². The molecule has 0 saturated carbocycles. The SMILES string of the molecule is CCCC(=O)OOCCCN(CCc1cccc(Cl)c1)C(=O)OC(C)(C)C. The lowest BCUT2D eigenvalue weighted by Gasteiger charge is -2.27. The van der Waals surface area contributed by atoms with E-state index in [9.17, 15) is 9.59 Å². The van der Waals surface area contributed by atoms with E-state index in [1.807, 2.05) is 52.0 Å². The first kappa shape index (κ1) is 23.2. The second kappa shape index (κ2) is 11.8. The number of hydrogen-bond donors (Lipinski definition) is 0. The molecule has 1 aromatic carbocycles. The van der Waals surface area contributed by atoms with Crippen molar-refractivity contribution >= 4 is 23.7 Å². The maximum Gasteiger partial charge on any atom is 0.410 e. The van der Waals surface area contributed by atoms with Gasteiger partial charge in [-0.1, -0.05) is 30.7 Å². The van der Waals surface area contributed by atoms with Gasteiger partial charge in [0.2, 0.25) is 0 Å². The average Bonchev–Trinajstić information content (AvgIpc) is 2.56. The summed E-state index contributed by atoms with van der Waals surface area (Å²) in [5, 5.41) is 0.665. The standard InChI is InChI=1S/C20H30ClNO5/c1-5-8-18(23)27-25-14-7-12-22(19(24)26-20(2,3)4)13-11-16-9-6-10-17(21)15-16/h6,9-10,15H,5,7-8,11-14H2,1-4H3. The molecular formula is C20H30ClNO5. The number of nitrogens with zero attached hydrogens (tertiary/aromatic N) is 1. The van der Waals surface area contributed by atoms with Crippen LogP contribution < -0.4 is 0 Å². The normalized spacial score (nSPS) is 11.1. The van der Waals surface area contributed by atoms with E-state index in [1.165, 1.54) is 0 Å². The van der Waals surface area contributed by atoms with Crippen LogP contribution >= 0.6 is 11.6 Å². The minimum atomic E-state index is -0.572. The van der Waals surface area contributed by atoms with Crippen LogP contribution in [0.5, 0.6) is 0 Å². The third-order valence-corrected chi connectivity index (χ3v) is 3.71. The molecular weight excluding hydrogens is 370 g/mol. The Balaban J connectivity index is 2.52. The third kappa shape index (κ3) is 10.8. The summed E-state index contributed by atoms with van der Waals surface area (Å²) in [6, 6.07) is 7.54. The molecule has 6 nitrogen and oxygen atoms in total. The van der Waals surface area contributed by atoms with E-state index in [0.717, 1.165) is 5.56 Å². The molecule has 152 valence electrons. The lowest BCUT2D eigenvalue weighted by molar-refractivity contribution is -0.272. The summed E-state index contributed by atoms with van der Waals surface area (Å²) < 4.78 is 5.47. The van der Waals surface area contributed by atoms with Gasteiger partial charge in [-0.25, -0.2) is 9.59 Å². The van der Waals surface area contributed by atoms with E-state index < -0.39 is 5.60 Å². The highest BCUT2D eigenvalue weighted by Crippen LogP contribution is 2.14. The highest BCUT2D eigenvalue weighted by molar-refractivity contribution is 6.30. The molecule has 0 fully saturated rings. The molecule has 0 atom stereocenters. The van der Waals surface area contributed by atoms with Crippen LogP contribution in [0.4, 0.5) is 4.79 Å². The number of carbonyl (C=O) groups excluding carboxylic acids is 2. The van der Waals surface area contributed by atoms with Crippen molar-refractivity contribution in [2.75, 3.05) is 19.7 Å². The summed E-state index contributed by atoms with van der Waals surface area (Å²) in [6.07, 6.45) is 1.83. The van der Waals surface area contributed by atoms with Crippen LogP contribution in [0.1, 0.15) is 52.5 Å². The van der Waals surface area contributed by atoms with Crippen molar-refractivity contribution in [2.24, 2.45) is 0 Å². The van der Waals surface area contributed by atoms with Gasteiger partial charge in [0.1, 0.15) is 5.60 Å². The first-order valence-electron chi connectivity index (χ1n) is 9.26. The maximum absolute atomic E-state index is 12.5. The Hall–Kier alpha value is -1.79. The van der Waals surface area contributed by atoms with Gasteiger partial charge in [0.25, 0.3) is 0 Å². The molecule has 1 aromatic rings. The zero-order valence-electron chi connectivity index (χ0n) is 16.6. The molecule has 0 aliphatic carbocycles. The predicted molar refractivity (Wildman–Crippen MR) is 105 cm³/mol. The fraction of sp³-hybridized carbons (Fsp3) is 0.600. The molecule has 0 aliphatic heterocycles. The fourth-order valence-electron chi connectivity index (χ4n) is 2.24. The number of ether oxygens (including phenoxy) is 1. The number of carbonyl (C=O) groups is 2. The van der Waals surface area contributed by atoms with Crippen LogP contribution in [0.25, 0.3) is 0 Å². The van der Waals surface area contributed by atoms with Crippen molar-refractivity contribution in [1.29, 1.82) is 0 Å². The quantitative estimate of drug-likeness (QED) is 0.321. The van der Waals surface area contributed by atoms with Crippen LogP contribution in [0.2, 0.25) is 5.02 Å². The second-order valence-electron chi connectivity index (χ2n) is 7.23. The number of benzene rings is 1. The van der Waals surface area contributed by atoms with Crippen LogP contribution in [0.3, 0.4) is 0 Å². The molecule has 0 heterocycles. The third-order valence-electron chi connectivity index (χ3n) is 3.47. The summed E-state index contributed by atoms with van der Waals surface area (Å²) >= 11 is 6.01. The molecule has 0 radical (unpaired) electrons. The lowest BCUT2D eigenvalue weighted by Crippen LogP contribution is -2.39. The number of amides is 1. The minimum absolute atomic E-state index is 0.214. The maximum atomic E-state index is 12.5. The smallest absolute Gasteiger partial charge is 0.410 e. The van der Waals surface area contributed by atoms with Gasteiger partial charge in [-0.2, -0.15) is 4.89 Å². The Morgan fingerprint density at radius 3 is 2.56 bits per heavy atom. The van der Waals surface area contributed by atoms with Crippen LogP contribution in [-0.4, -0.2) is 42.3 Å². The zero-order chi connectivity index (χ0) is 20.3. The number of halogens is 1. The van der Waals surface area contributed by atoms with E-state index in [2.05, 4.69) is 4.89 Å². The van der Waals surface area contributed by atoms with Gasteiger partial charge in [0.15, 0.2) is 0 Å². The van der Waals surface area contributed by atoms with E-state index >= 15 is 0 Å². The summed E-state index contributed by atoms with van der Waals surface area (Å²) in [4.78, 5) is 34.9. The largest absolute Gasteiger partial charge is 0.444 e. The highest BCUT2D eigenvalue weighted by Gasteiger charge is 2.21. The number of hydrogen-bond acceptors (Lipinski definition) is 5. The zero-order valence-corrected chi connectivity index (χ0v) is 17.4. The Kier molecular flexibility index (Phi) is 10.2. The monoisotopic (exact) mass is 399 g/mol. The molecule has 1 rings (SSSR count). The van der Waals surface area contributed by atoms with Crippen molar-refractivity contribution in [1.82, 2.24) is 4.90 Å².